The topological polar surface area (TPSA) is 26.8 Å². The first kappa shape index (κ1) is 11.4. The van der Waals surface area contributed by atoms with E-state index in [-0.39, 0.29) is 6.03 Å². The molecule has 0 aliphatic carbocycles. The van der Waals surface area contributed by atoms with Crippen molar-refractivity contribution in [3.05, 3.63) is 24.3 Å². The predicted octanol–water partition coefficient (Wildman–Crippen LogP) is 2.16. The van der Waals surface area contributed by atoms with Crippen molar-refractivity contribution in [1.29, 1.82) is 0 Å². The normalized spacial score (nSPS) is 20.1. The van der Waals surface area contributed by atoms with Crippen LogP contribution in [-0.4, -0.2) is 44.2 Å². The highest BCUT2D eigenvalue weighted by Gasteiger charge is 2.26. The van der Waals surface area contributed by atoms with E-state index in [0.29, 0.717) is 0 Å². The van der Waals surface area contributed by atoms with Crippen LogP contribution >= 0.6 is 0 Å². The zero-order chi connectivity index (χ0) is 12.5. The molecule has 0 atom stereocenters. The molecular weight excluding hydrogens is 226 g/mol. The van der Waals surface area contributed by atoms with Crippen molar-refractivity contribution >= 4 is 17.4 Å². The van der Waals surface area contributed by atoms with E-state index < -0.39 is 0 Å². The van der Waals surface area contributed by atoms with Crippen LogP contribution in [0.1, 0.15) is 12.8 Å². The molecule has 96 valence electrons. The van der Waals surface area contributed by atoms with E-state index in [2.05, 4.69) is 29.2 Å². The molecule has 2 aliphatic rings. The monoisotopic (exact) mass is 245 g/mol. The maximum absolute atomic E-state index is 11.9. The van der Waals surface area contributed by atoms with Crippen molar-refractivity contribution in [2.45, 2.75) is 12.8 Å². The van der Waals surface area contributed by atoms with Crippen LogP contribution in [0.4, 0.5) is 16.2 Å². The van der Waals surface area contributed by atoms with Crippen LogP contribution in [0.25, 0.3) is 0 Å². The molecule has 0 bridgehead atoms. The lowest BCUT2D eigenvalue weighted by atomic mass is 10.2. The van der Waals surface area contributed by atoms with Crippen LogP contribution in [-0.2, 0) is 0 Å². The maximum atomic E-state index is 11.9. The van der Waals surface area contributed by atoms with E-state index in [1.165, 1.54) is 18.5 Å². The molecule has 4 nitrogen and oxygen atoms in total. The molecule has 2 fully saturated rings. The number of carbonyl (C=O) groups is 1. The summed E-state index contributed by atoms with van der Waals surface area (Å²) in [6.45, 7) is 3.92. The van der Waals surface area contributed by atoms with E-state index in [9.17, 15) is 4.79 Å². The lowest BCUT2D eigenvalue weighted by Crippen LogP contribution is -2.29. The fourth-order valence-corrected chi connectivity index (χ4v) is 2.71. The van der Waals surface area contributed by atoms with Gasteiger partial charge in [0.05, 0.1) is 0 Å². The molecule has 0 aromatic heterocycles. The standard InChI is InChI=1S/C14H19N3O/c1-15-10-11-17(14(15)18)13-6-4-12(5-7-13)16-8-2-3-9-16/h4-7H,2-3,8-11H2,1H3. The number of nitrogens with zero attached hydrogens (tertiary/aromatic N) is 3. The first-order chi connectivity index (χ1) is 8.75. The molecule has 0 radical (unpaired) electrons. The Morgan fingerprint density at radius 3 is 2.06 bits per heavy atom. The number of hydrogen-bond donors (Lipinski definition) is 0. The number of anilines is 2. The van der Waals surface area contributed by atoms with Crippen molar-refractivity contribution in [2.24, 2.45) is 0 Å². The van der Waals surface area contributed by atoms with E-state index in [4.69, 9.17) is 0 Å². The molecule has 18 heavy (non-hydrogen) atoms. The lowest BCUT2D eigenvalue weighted by molar-refractivity contribution is 0.229. The number of rotatable bonds is 2. The summed E-state index contributed by atoms with van der Waals surface area (Å²) in [5, 5.41) is 0. The van der Waals surface area contributed by atoms with Gasteiger partial charge in [0.15, 0.2) is 0 Å². The summed E-state index contributed by atoms with van der Waals surface area (Å²) in [7, 11) is 1.85. The zero-order valence-corrected chi connectivity index (χ0v) is 10.8. The molecule has 0 spiro atoms. The molecule has 0 N–H and O–H groups in total. The van der Waals surface area contributed by atoms with Gasteiger partial charge >= 0.3 is 6.03 Å². The van der Waals surface area contributed by atoms with Crippen molar-refractivity contribution in [3.63, 3.8) is 0 Å². The summed E-state index contributed by atoms with van der Waals surface area (Å²) >= 11 is 0. The minimum atomic E-state index is 0.101. The third-order valence-electron chi connectivity index (χ3n) is 3.85. The lowest BCUT2D eigenvalue weighted by Gasteiger charge is -2.20. The van der Waals surface area contributed by atoms with Crippen LogP contribution in [0.5, 0.6) is 0 Å². The maximum Gasteiger partial charge on any atom is 0.324 e. The highest BCUT2D eigenvalue weighted by molar-refractivity contribution is 5.94. The van der Waals surface area contributed by atoms with Crippen molar-refractivity contribution in [1.82, 2.24) is 4.90 Å². The smallest absolute Gasteiger partial charge is 0.324 e. The van der Waals surface area contributed by atoms with Crippen molar-refractivity contribution in [3.8, 4) is 0 Å². The minimum absolute atomic E-state index is 0.101. The van der Waals surface area contributed by atoms with Crippen LogP contribution in [0, 0.1) is 0 Å². The Labute approximate surface area is 108 Å². The quantitative estimate of drug-likeness (QED) is 0.798. The van der Waals surface area contributed by atoms with Crippen LogP contribution in [0.15, 0.2) is 24.3 Å². The summed E-state index contributed by atoms with van der Waals surface area (Å²) in [5.74, 6) is 0. The van der Waals surface area contributed by atoms with Gasteiger partial charge in [-0.2, -0.15) is 0 Å². The molecule has 0 unspecified atom stereocenters. The molecule has 2 saturated heterocycles. The Hall–Kier alpha value is -1.71. The number of hydrogen-bond acceptors (Lipinski definition) is 2. The van der Waals surface area contributed by atoms with Gasteiger partial charge in [-0.15, -0.1) is 0 Å². The Balaban J connectivity index is 1.76. The molecule has 4 heteroatoms. The van der Waals surface area contributed by atoms with Gasteiger partial charge in [-0.3, -0.25) is 4.90 Å². The highest BCUT2D eigenvalue weighted by Crippen LogP contribution is 2.25. The molecule has 2 heterocycles. The van der Waals surface area contributed by atoms with Crippen LogP contribution in [0.2, 0.25) is 0 Å². The van der Waals surface area contributed by atoms with Gasteiger partial charge in [0, 0.05) is 44.6 Å². The number of benzene rings is 1. The van der Waals surface area contributed by atoms with Crippen LogP contribution < -0.4 is 9.80 Å². The van der Waals surface area contributed by atoms with Gasteiger partial charge in [-0.1, -0.05) is 0 Å². The van der Waals surface area contributed by atoms with E-state index >= 15 is 0 Å². The number of urea groups is 1. The van der Waals surface area contributed by atoms with Crippen LogP contribution in [0.3, 0.4) is 0 Å². The van der Waals surface area contributed by atoms with E-state index in [1.54, 1.807) is 4.90 Å². The van der Waals surface area contributed by atoms with Crippen molar-refractivity contribution in [2.75, 3.05) is 43.0 Å². The first-order valence-corrected chi connectivity index (χ1v) is 6.63. The fraction of sp³-hybridized carbons (Fsp3) is 0.500. The number of carbonyl (C=O) groups excluding carboxylic acids is 1. The van der Waals surface area contributed by atoms with Gasteiger partial charge in [0.25, 0.3) is 0 Å². The minimum Gasteiger partial charge on any atom is -0.372 e. The summed E-state index contributed by atoms with van der Waals surface area (Å²) < 4.78 is 0. The third-order valence-corrected chi connectivity index (χ3v) is 3.85. The largest absolute Gasteiger partial charge is 0.372 e. The average Bonchev–Trinajstić information content (AvgIpc) is 3.02. The summed E-state index contributed by atoms with van der Waals surface area (Å²) in [5.41, 5.74) is 2.28. The Bertz CT molecular complexity index is 437. The van der Waals surface area contributed by atoms with Gasteiger partial charge in [0.2, 0.25) is 0 Å². The Morgan fingerprint density at radius 1 is 0.889 bits per heavy atom. The molecular formula is C14H19N3O. The van der Waals surface area contributed by atoms with E-state index in [1.807, 2.05) is 11.9 Å². The third kappa shape index (κ3) is 1.92. The molecule has 2 aliphatic heterocycles. The number of likely N-dealkylation sites (N-methyl/N-ethyl adjacent to an activating group) is 1. The second-order valence-corrected chi connectivity index (χ2v) is 5.07. The summed E-state index contributed by atoms with van der Waals surface area (Å²) in [6.07, 6.45) is 2.58. The summed E-state index contributed by atoms with van der Waals surface area (Å²) in [6, 6.07) is 8.48. The fourth-order valence-electron chi connectivity index (χ4n) is 2.71. The molecule has 2 amide bonds. The van der Waals surface area contributed by atoms with Gasteiger partial charge in [-0.05, 0) is 37.1 Å². The Kier molecular flexibility index (Phi) is 2.86. The Morgan fingerprint density at radius 2 is 1.50 bits per heavy atom. The number of amides is 2. The van der Waals surface area contributed by atoms with Gasteiger partial charge in [0.1, 0.15) is 0 Å². The SMILES string of the molecule is CN1CCN(c2ccc(N3CCCC3)cc2)C1=O. The molecule has 1 aromatic rings. The molecule has 1 aromatic carbocycles. The summed E-state index contributed by atoms with van der Waals surface area (Å²) in [4.78, 5) is 17.9. The molecule has 3 rings (SSSR count). The second kappa shape index (κ2) is 4.52. The highest BCUT2D eigenvalue weighted by atomic mass is 16.2. The first-order valence-electron chi connectivity index (χ1n) is 6.63. The average molecular weight is 245 g/mol. The molecule has 0 saturated carbocycles. The van der Waals surface area contributed by atoms with Gasteiger partial charge < -0.3 is 9.80 Å². The van der Waals surface area contributed by atoms with Gasteiger partial charge in [-0.25, -0.2) is 4.79 Å². The second-order valence-electron chi connectivity index (χ2n) is 5.07. The van der Waals surface area contributed by atoms with Crippen molar-refractivity contribution < 1.29 is 4.79 Å². The zero-order valence-electron chi connectivity index (χ0n) is 10.8. The van der Waals surface area contributed by atoms with E-state index in [0.717, 1.165) is 31.9 Å². The predicted molar refractivity (Wildman–Crippen MR) is 73.3 cm³/mol.